The van der Waals surface area contributed by atoms with Crippen LogP contribution in [0.3, 0.4) is 0 Å². The Bertz CT molecular complexity index is 1320. The highest BCUT2D eigenvalue weighted by Crippen LogP contribution is 2.29. The van der Waals surface area contributed by atoms with Gasteiger partial charge in [-0.3, -0.25) is 14.5 Å². The molecule has 31 heavy (non-hydrogen) atoms. The maximum absolute atomic E-state index is 14.1. The molecule has 5 rings (SSSR count). The summed E-state index contributed by atoms with van der Waals surface area (Å²) in [5, 5.41) is 10.5. The van der Waals surface area contributed by atoms with Crippen LogP contribution in [0.15, 0.2) is 90.5 Å². The van der Waals surface area contributed by atoms with Crippen molar-refractivity contribution in [2.24, 2.45) is 0 Å². The minimum absolute atomic E-state index is 0.265. The van der Waals surface area contributed by atoms with E-state index >= 15 is 0 Å². The Labute approximate surface area is 183 Å². The first-order valence-corrected chi connectivity index (χ1v) is 10.8. The van der Waals surface area contributed by atoms with Gasteiger partial charge in [-0.25, -0.2) is 4.39 Å². The van der Waals surface area contributed by atoms with Gasteiger partial charge in [0.2, 0.25) is 0 Å². The van der Waals surface area contributed by atoms with E-state index < -0.39 is 0 Å². The van der Waals surface area contributed by atoms with E-state index in [0.717, 1.165) is 38.6 Å². The van der Waals surface area contributed by atoms with Crippen molar-refractivity contribution in [1.29, 1.82) is 0 Å². The van der Waals surface area contributed by atoms with Gasteiger partial charge in [0.25, 0.3) is 0 Å². The van der Waals surface area contributed by atoms with Crippen LogP contribution in [-0.4, -0.2) is 24.7 Å². The Kier molecular flexibility index (Phi) is 5.41. The summed E-state index contributed by atoms with van der Waals surface area (Å²) < 4.78 is 16.2. The van der Waals surface area contributed by atoms with Crippen molar-refractivity contribution < 1.29 is 4.39 Å². The van der Waals surface area contributed by atoms with Crippen LogP contribution in [-0.2, 0) is 12.3 Å². The third kappa shape index (κ3) is 4.18. The van der Waals surface area contributed by atoms with Crippen LogP contribution in [0.5, 0.6) is 0 Å². The minimum Gasteiger partial charge on any atom is -0.298 e. The molecule has 0 atom stereocenters. The van der Waals surface area contributed by atoms with Gasteiger partial charge < -0.3 is 0 Å². The summed E-state index contributed by atoms with van der Waals surface area (Å²) in [4.78, 5) is 8.55. The normalized spacial score (nSPS) is 11.1. The van der Waals surface area contributed by atoms with E-state index in [9.17, 15) is 4.39 Å². The number of nitrogens with zero attached hydrogens (tertiary/aromatic N) is 5. The van der Waals surface area contributed by atoms with E-state index in [1.807, 2.05) is 42.5 Å². The standard InChI is InChI=1S/C24H18FN5S/c25-21-13-19-7-4-10-27-22(19)20(14-21)16-31-24-29-28-23(18-8-11-26-12-9-18)30(24)15-17-5-2-1-3-6-17/h1-14H,15-16H2. The topological polar surface area (TPSA) is 56.5 Å². The first-order valence-electron chi connectivity index (χ1n) is 9.81. The van der Waals surface area contributed by atoms with Gasteiger partial charge in [0, 0.05) is 35.3 Å². The molecule has 0 saturated heterocycles. The van der Waals surface area contributed by atoms with Crippen LogP contribution in [0.1, 0.15) is 11.1 Å². The first-order chi connectivity index (χ1) is 15.3. The van der Waals surface area contributed by atoms with Crippen LogP contribution in [0.25, 0.3) is 22.3 Å². The molecule has 0 aliphatic carbocycles. The van der Waals surface area contributed by atoms with Gasteiger partial charge in [-0.1, -0.05) is 48.2 Å². The molecule has 5 nitrogen and oxygen atoms in total. The monoisotopic (exact) mass is 427 g/mol. The smallest absolute Gasteiger partial charge is 0.192 e. The highest BCUT2D eigenvalue weighted by molar-refractivity contribution is 7.98. The zero-order chi connectivity index (χ0) is 21.0. The fraction of sp³-hybridized carbons (Fsp3) is 0.0833. The predicted octanol–water partition coefficient (Wildman–Crippen LogP) is 5.37. The third-order valence-electron chi connectivity index (χ3n) is 4.94. The second kappa shape index (κ2) is 8.65. The van der Waals surface area contributed by atoms with Gasteiger partial charge in [0.05, 0.1) is 12.1 Å². The van der Waals surface area contributed by atoms with Crippen LogP contribution in [0, 0.1) is 5.82 Å². The van der Waals surface area contributed by atoms with Crippen LogP contribution in [0.4, 0.5) is 4.39 Å². The van der Waals surface area contributed by atoms with E-state index in [1.54, 1.807) is 24.7 Å². The number of halogens is 1. The lowest BCUT2D eigenvalue weighted by molar-refractivity contribution is 0.628. The Morgan fingerprint density at radius 1 is 0.871 bits per heavy atom. The number of rotatable bonds is 6. The summed E-state index contributed by atoms with van der Waals surface area (Å²) in [5.74, 6) is 1.05. The molecule has 0 radical (unpaired) electrons. The Morgan fingerprint density at radius 3 is 2.55 bits per heavy atom. The van der Waals surface area contributed by atoms with E-state index in [-0.39, 0.29) is 5.82 Å². The number of aromatic nitrogens is 5. The number of benzene rings is 2. The summed E-state index contributed by atoms with van der Waals surface area (Å²) in [6.07, 6.45) is 5.22. The summed E-state index contributed by atoms with van der Waals surface area (Å²) in [7, 11) is 0. The zero-order valence-electron chi connectivity index (χ0n) is 16.5. The molecule has 2 aromatic carbocycles. The largest absolute Gasteiger partial charge is 0.298 e. The van der Waals surface area contributed by atoms with Crippen molar-refractivity contribution in [2.75, 3.05) is 0 Å². The van der Waals surface area contributed by atoms with E-state index in [0.29, 0.717) is 12.3 Å². The number of fused-ring (bicyclic) bond motifs is 1. The zero-order valence-corrected chi connectivity index (χ0v) is 17.3. The van der Waals surface area contributed by atoms with Crippen molar-refractivity contribution in [3.05, 3.63) is 102 Å². The van der Waals surface area contributed by atoms with Gasteiger partial charge >= 0.3 is 0 Å². The molecule has 0 aliphatic heterocycles. The molecule has 152 valence electrons. The van der Waals surface area contributed by atoms with Gasteiger partial charge in [0.15, 0.2) is 11.0 Å². The lowest BCUT2D eigenvalue weighted by Crippen LogP contribution is -2.04. The highest BCUT2D eigenvalue weighted by Gasteiger charge is 2.16. The molecule has 0 unspecified atom stereocenters. The van der Waals surface area contributed by atoms with Gasteiger partial charge in [-0.15, -0.1) is 10.2 Å². The second-order valence-corrected chi connectivity index (χ2v) is 7.99. The summed E-state index contributed by atoms with van der Waals surface area (Å²) in [6.45, 7) is 0.635. The van der Waals surface area contributed by atoms with Crippen LogP contribution >= 0.6 is 11.8 Å². The van der Waals surface area contributed by atoms with E-state index in [4.69, 9.17) is 0 Å². The van der Waals surface area contributed by atoms with Crippen molar-refractivity contribution >= 4 is 22.7 Å². The molecule has 3 heterocycles. The number of pyridine rings is 2. The minimum atomic E-state index is -0.265. The summed E-state index contributed by atoms with van der Waals surface area (Å²) in [5.41, 5.74) is 3.74. The average Bonchev–Trinajstić information content (AvgIpc) is 3.21. The molecular weight excluding hydrogens is 409 g/mol. The van der Waals surface area contributed by atoms with Gasteiger partial charge in [-0.05, 0) is 41.5 Å². The summed E-state index contributed by atoms with van der Waals surface area (Å²) in [6, 6.07) is 20.8. The molecule has 0 spiro atoms. The molecule has 0 N–H and O–H groups in total. The van der Waals surface area contributed by atoms with Crippen molar-refractivity contribution in [2.45, 2.75) is 17.5 Å². The third-order valence-corrected chi connectivity index (χ3v) is 5.96. The number of hydrogen-bond acceptors (Lipinski definition) is 5. The Morgan fingerprint density at radius 2 is 1.71 bits per heavy atom. The molecular formula is C24H18FN5S. The average molecular weight is 428 g/mol. The fourth-order valence-electron chi connectivity index (χ4n) is 3.50. The van der Waals surface area contributed by atoms with Crippen LogP contribution < -0.4 is 0 Å². The Hall–Kier alpha value is -3.58. The molecule has 5 aromatic rings. The molecule has 0 fully saturated rings. The van der Waals surface area contributed by atoms with Crippen LogP contribution in [0.2, 0.25) is 0 Å². The number of hydrogen-bond donors (Lipinski definition) is 0. The molecule has 0 bridgehead atoms. The van der Waals surface area contributed by atoms with E-state index in [1.165, 1.54) is 17.8 Å². The lowest BCUT2D eigenvalue weighted by atomic mass is 10.1. The van der Waals surface area contributed by atoms with Crippen molar-refractivity contribution in [3.63, 3.8) is 0 Å². The van der Waals surface area contributed by atoms with Gasteiger partial charge in [0.1, 0.15) is 5.82 Å². The number of thioether (sulfide) groups is 1. The lowest BCUT2D eigenvalue weighted by Gasteiger charge is -2.11. The molecule has 7 heteroatoms. The van der Waals surface area contributed by atoms with Crippen molar-refractivity contribution in [1.82, 2.24) is 24.7 Å². The molecule has 0 saturated carbocycles. The maximum atomic E-state index is 14.1. The molecule has 3 aromatic heterocycles. The SMILES string of the molecule is Fc1cc(CSc2nnc(-c3ccncc3)n2Cc2ccccc2)c2ncccc2c1. The predicted molar refractivity (Wildman–Crippen MR) is 120 cm³/mol. The first kappa shape index (κ1) is 19.4. The Balaban J connectivity index is 1.50. The van der Waals surface area contributed by atoms with Gasteiger partial charge in [-0.2, -0.15) is 0 Å². The second-order valence-electron chi connectivity index (χ2n) is 7.04. The highest BCUT2D eigenvalue weighted by atomic mass is 32.2. The quantitative estimate of drug-likeness (QED) is 0.341. The van der Waals surface area contributed by atoms with Crippen molar-refractivity contribution in [3.8, 4) is 11.4 Å². The fourth-order valence-corrected chi connectivity index (χ4v) is 4.41. The summed E-state index contributed by atoms with van der Waals surface area (Å²) >= 11 is 1.53. The molecule has 0 aliphatic rings. The molecule has 0 amide bonds. The maximum Gasteiger partial charge on any atom is 0.192 e. The van der Waals surface area contributed by atoms with E-state index in [2.05, 4.69) is 36.9 Å².